The van der Waals surface area contributed by atoms with Crippen LogP contribution in [0.1, 0.15) is 50.3 Å². The lowest BCUT2D eigenvalue weighted by atomic mass is 10.0. The fourth-order valence-corrected chi connectivity index (χ4v) is 3.44. The predicted octanol–water partition coefficient (Wildman–Crippen LogP) is 4.23. The molecule has 3 heteroatoms. The summed E-state index contributed by atoms with van der Waals surface area (Å²) >= 11 is 0. The van der Waals surface area contributed by atoms with Crippen molar-refractivity contribution in [2.45, 2.75) is 57.3 Å². The van der Waals surface area contributed by atoms with Crippen LogP contribution in [0.25, 0.3) is 0 Å². The van der Waals surface area contributed by atoms with Crippen LogP contribution in [0, 0.1) is 0 Å². The molecule has 0 fully saturated rings. The Balaban J connectivity index is 2.07. The van der Waals surface area contributed by atoms with Crippen molar-refractivity contribution < 1.29 is 9.53 Å². The summed E-state index contributed by atoms with van der Waals surface area (Å²) in [7, 11) is -1.70. The van der Waals surface area contributed by atoms with Crippen LogP contribution in [0.2, 0.25) is 18.1 Å². The van der Waals surface area contributed by atoms with E-state index in [1.54, 1.807) is 0 Å². The van der Waals surface area contributed by atoms with Gasteiger partial charge in [-0.05, 0) is 35.7 Å². The summed E-state index contributed by atoms with van der Waals surface area (Å²) in [6.07, 6.45) is 0.484. The second-order valence-corrected chi connectivity index (χ2v) is 12.0. The van der Waals surface area contributed by atoms with Gasteiger partial charge in [-0.15, -0.1) is 0 Å². The summed E-state index contributed by atoms with van der Waals surface area (Å²) in [5.41, 5.74) is 2.36. The Morgan fingerprint density at radius 3 is 2.37 bits per heavy atom. The molecule has 0 saturated carbocycles. The quantitative estimate of drug-likeness (QED) is 0.838. The van der Waals surface area contributed by atoms with E-state index in [0.717, 1.165) is 18.6 Å². The molecule has 19 heavy (non-hydrogen) atoms. The first-order chi connectivity index (χ1) is 8.72. The lowest BCUT2D eigenvalue weighted by molar-refractivity contribution is 0.159. The van der Waals surface area contributed by atoms with Gasteiger partial charge in [-0.2, -0.15) is 0 Å². The molecule has 0 saturated heterocycles. The molecule has 0 amide bonds. The van der Waals surface area contributed by atoms with E-state index in [4.69, 9.17) is 4.43 Å². The molecule has 2 rings (SSSR count). The average Bonchev–Trinajstić information content (AvgIpc) is 2.63. The van der Waals surface area contributed by atoms with Gasteiger partial charge < -0.3 is 9.53 Å². The zero-order valence-corrected chi connectivity index (χ0v) is 13.7. The summed E-state index contributed by atoms with van der Waals surface area (Å²) in [5, 5.41) is 10.3. The van der Waals surface area contributed by atoms with E-state index in [-0.39, 0.29) is 11.1 Å². The molecule has 0 heterocycles. The van der Waals surface area contributed by atoms with Crippen LogP contribution in [0.3, 0.4) is 0 Å². The summed E-state index contributed by atoms with van der Waals surface area (Å²) in [5.74, 6) is 0.348. The van der Waals surface area contributed by atoms with Crippen molar-refractivity contribution in [1.82, 2.24) is 0 Å². The van der Waals surface area contributed by atoms with E-state index in [0.29, 0.717) is 5.92 Å². The van der Waals surface area contributed by atoms with Crippen molar-refractivity contribution in [3.63, 3.8) is 0 Å². The number of aliphatic hydroxyl groups excluding tert-OH is 1. The monoisotopic (exact) mass is 278 g/mol. The number of fused-ring (bicyclic) bond motifs is 1. The Morgan fingerprint density at radius 2 is 1.79 bits per heavy atom. The molecule has 0 radical (unpaired) electrons. The van der Waals surface area contributed by atoms with Crippen LogP contribution in [0.15, 0.2) is 24.3 Å². The third-order valence-corrected chi connectivity index (χ3v) is 9.25. The zero-order valence-electron chi connectivity index (χ0n) is 12.7. The van der Waals surface area contributed by atoms with Gasteiger partial charge in [0.25, 0.3) is 0 Å². The van der Waals surface area contributed by atoms with E-state index in [1.807, 2.05) is 12.1 Å². The molecular formula is C16H26O2Si. The highest BCUT2D eigenvalue weighted by Gasteiger charge is 2.39. The first kappa shape index (κ1) is 14.8. The van der Waals surface area contributed by atoms with Crippen LogP contribution >= 0.6 is 0 Å². The number of hydrogen-bond acceptors (Lipinski definition) is 2. The minimum Gasteiger partial charge on any atom is -0.416 e. The molecule has 1 aromatic carbocycles. The van der Waals surface area contributed by atoms with Crippen molar-refractivity contribution in [2.24, 2.45) is 0 Å². The Morgan fingerprint density at radius 1 is 1.21 bits per heavy atom. The van der Waals surface area contributed by atoms with Crippen molar-refractivity contribution in [1.29, 1.82) is 0 Å². The number of rotatable bonds is 3. The van der Waals surface area contributed by atoms with Crippen molar-refractivity contribution in [3.05, 3.63) is 35.4 Å². The lowest BCUT2D eigenvalue weighted by Crippen LogP contribution is -2.41. The SMILES string of the molecule is CC(C)(C)[Si](C)(C)OCC1CC(O)c2ccccc21. The molecule has 0 aliphatic heterocycles. The fraction of sp³-hybridized carbons (Fsp3) is 0.625. The van der Waals surface area contributed by atoms with Crippen molar-refractivity contribution >= 4 is 8.32 Å². The number of benzene rings is 1. The first-order valence-electron chi connectivity index (χ1n) is 7.13. The maximum Gasteiger partial charge on any atom is 0.192 e. The molecule has 0 spiro atoms. The topological polar surface area (TPSA) is 29.5 Å². The maximum atomic E-state index is 10.1. The largest absolute Gasteiger partial charge is 0.416 e. The molecular weight excluding hydrogens is 252 g/mol. The fourth-order valence-electron chi connectivity index (χ4n) is 2.39. The first-order valence-corrected chi connectivity index (χ1v) is 10.0. The van der Waals surface area contributed by atoms with Crippen LogP contribution < -0.4 is 0 Å². The standard InChI is InChI=1S/C16H26O2Si/c1-16(2,3)19(4,5)18-11-12-10-15(17)14-9-7-6-8-13(12)14/h6-9,12,15,17H,10-11H2,1-5H3. The minimum absolute atomic E-state index is 0.240. The summed E-state index contributed by atoms with van der Waals surface area (Å²) < 4.78 is 6.31. The van der Waals surface area contributed by atoms with E-state index in [1.165, 1.54) is 5.56 Å². The molecule has 1 aliphatic carbocycles. The lowest BCUT2D eigenvalue weighted by Gasteiger charge is -2.37. The van der Waals surface area contributed by atoms with Crippen LogP contribution in [-0.4, -0.2) is 20.0 Å². The second kappa shape index (κ2) is 5.04. The molecule has 0 bridgehead atoms. The summed E-state index contributed by atoms with van der Waals surface area (Å²) in [6.45, 7) is 12.1. The minimum atomic E-state index is -1.70. The van der Waals surface area contributed by atoms with Gasteiger partial charge in [0.1, 0.15) is 0 Å². The van der Waals surface area contributed by atoms with Gasteiger partial charge in [-0.1, -0.05) is 45.0 Å². The Labute approximate surface area is 117 Å². The molecule has 2 nitrogen and oxygen atoms in total. The highest BCUT2D eigenvalue weighted by Crippen LogP contribution is 2.42. The number of hydrogen-bond donors (Lipinski definition) is 1. The molecule has 0 aromatic heterocycles. The van der Waals surface area contributed by atoms with Crippen molar-refractivity contribution in [2.75, 3.05) is 6.61 Å². The van der Waals surface area contributed by atoms with Crippen LogP contribution in [0.5, 0.6) is 0 Å². The van der Waals surface area contributed by atoms with Crippen LogP contribution in [-0.2, 0) is 4.43 Å². The summed E-state index contributed by atoms with van der Waals surface area (Å²) in [6, 6.07) is 8.22. The van der Waals surface area contributed by atoms with Gasteiger partial charge in [0.2, 0.25) is 0 Å². The van der Waals surface area contributed by atoms with E-state index < -0.39 is 8.32 Å². The third-order valence-electron chi connectivity index (χ3n) is 4.75. The second-order valence-electron chi connectivity index (χ2n) is 7.15. The molecule has 2 unspecified atom stereocenters. The zero-order chi connectivity index (χ0) is 14.3. The third kappa shape index (κ3) is 2.93. The highest BCUT2D eigenvalue weighted by molar-refractivity contribution is 6.74. The van der Waals surface area contributed by atoms with Crippen LogP contribution in [0.4, 0.5) is 0 Å². The van der Waals surface area contributed by atoms with E-state index in [9.17, 15) is 5.11 Å². The van der Waals surface area contributed by atoms with Gasteiger partial charge >= 0.3 is 0 Å². The van der Waals surface area contributed by atoms with Gasteiger partial charge in [0, 0.05) is 12.5 Å². The highest BCUT2D eigenvalue weighted by atomic mass is 28.4. The average molecular weight is 278 g/mol. The maximum absolute atomic E-state index is 10.1. The molecule has 2 atom stereocenters. The molecule has 106 valence electrons. The Bertz CT molecular complexity index is 448. The summed E-state index contributed by atoms with van der Waals surface area (Å²) in [4.78, 5) is 0. The van der Waals surface area contributed by atoms with Gasteiger partial charge in [-0.25, -0.2) is 0 Å². The van der Waals surface area contributed by atoms with E-state index >= 15 is 0 Å². The van der Waals surface area contributed by atoms with Gasteiger partial charge in [-0.3, -0.25) is 0 Å². The van der Waals surface area contributed by atoms with Gasteiger partial charge in [0.15, 0.2) is 8.32 Å². The number of aliphatic hydroxyl groups is 1. The van der Waals surface area contributed by atoms with Crippen molar-refractivity contribution in [3.8, 4) is 0 Å². The Hall–Kier alpha value is -0.643. The predicted molar refractivity (Wildman–Crippen MR) is 81.9 cm³/mol. The normalized spacial score (nSPS) is 23.5. The molecule has 1 N–H and O–H groups in total. The van der Waals surface area contributed by atoms with Gasteiger partial charge in [0.05, 0.1) is 6.10 Å². The van der Waals surface area contributed by atoms with E-state index in [2.05, 4.69) is 46.0 Å². The Kier molecular flexibility index (Phi) is 3.91. The molecule has 1 aliphatic rings. The molecule has 1 aromatic rings. The smallest absolute Gasteiger partial charge is 0.192 e.